The van der Waals surface area contributed by atoms with Gasteiger partial charge in [-0.25, -0.2) is 0 Å². The van der Waals surface area contributed by atoms with E-state index in [2.05, 4.69) is 4.74 Å². The van der Waals surface area contributed by atoms with Gasteiger partial charge in [-0.15, -0.1) is 13.2 Å². The van der Waals surface area contributed by atoms with Gasteiger partial charge in [0.05, 0.1) is 12.1 Å². The minimum absolute atomic E-state index is 0.346. The molecule has 1 rings (SSSR count). The third kappa shape index (κ3) is 4.72. The zero-order valence-electron chi connectivity index (χ0n) is 11.0. The summed E-state index contributed by atoms with van der Waals surface area (Å²) in [6, 6.07) is 4.56. The van der Waals surface area contributed by atoms with E-state index in [1.165, 1.54) is 18.2 Å². The van der Waals surface area contributed by atoms with Crippen molar-refractivity contribution in [2.45, 2.75) is 39.3 Å². The van der Waals surface area contributed by atoms with E-state index in [-0.39, 0.29) is 5.75 Å². The summed E-state index contributed by atoms with van der Waals surface area (Å²) in [6.07, 6.45) is -5.63. The second-order valence-electron chi connectivity index (χ2n) is 5.46. The van der Waals surface area contributed by atoms with Crippen molar-refractivity contribution in [3.8, 4) is 5.75 Å². The molecule has 0 saturated carbocycles. The summed E-state index contributed by atoms with van der Waals surface area (Å²) in [4.78, 5) is 0. The molecule has 0 unspecified atom stereocenters. The maximum Gasteiger partial charge on any atom is 0.573 e. The van der Waals surface area contributed by atoms with Crippen LogP contribution in [-0.4, -0.2) is 17.6 Å². The molecular formula is C13H18F3NO2. The Balaban J connectivity index is 2.93. The van der Waals surface area contributed by atoms with Crippen molar-refractivity contribution < 1.29 is 23.0 Å². The van der Waals surface area contributed by atoms with Crippen molar-refractivity contribution in [3.63, 3.8) is 0 Å². The minimum atomic E-state index is -4.74. The summed E-state index contributed by atoms with van der Waals surface area (Å²) >= 11 is 0. The Hall–Kier alpha value is -1.27. The monoisotopic (exact) mass is 277 g/mol. The molecule has 0 radical (unpaired) electrons. The van der Waals surface area contributed by atoms with Crippen molar-refractivity contribution in [1.82, 2.24) is 0 Å². The molecule has 0 bridgehead atoms. The number of alkyl halides is 3. The van der Waals surface area contributed by atoms with Gasteiger partial charge in [0.15, 0.2) is 0 Å². The second kappa shape index (κ2) is 5.38. The van der Waals surface area contributed by atoms with Gasteiger partial charge in [0, 0.05) is 0 Å². The number of aliphatic hydroxyl groups is 1. The topological polar surface area (TPSA) is 55.5 Å². The van der Waals surface area contributed by atoms with Gasteiger partial charge in [0.1, 0.15) is 5.75 Å². The lowest BCUT2D eigenvalue weighted by atomic mass is 9.82. The number of hydrogen-bond acceptors (Lipinski definition) is 3. The van der Waals surface area contributed by atoms with Gasteiger partial charge >= 0.3 is 6.36 Å². The Kier molecular flexibility index (Phi) is 4.47. The van der Waals surface area contributed by atoms with Crippen LogP contribution in [0.4, 0.5) is 13.2 Å². The number of aliphatic hydroxyl groups excluding tert-OH is 1. The number of hydrogen-bond donors (Lipinski definition) is 2. The molecule has 0 aliphatic carbocycles. The lowest BCUT2D eigenvalue weighted by Crippen LogP contribution is -2.37. The van der Waals surface area contributed by atoms with Gasteiger partial charge < -0.3 is 15.6 Å². The summed E-state index contributed by atoms with van der Waals surface area (Å²) in [7, 11) is 0. The zero-order chi connectivity index (χ0) is 14.8. The molecule has 6 heteroatoms. The average Bonchev–Trinajstić information content (AvgIpc) is 2.23. The molecule has 0 saturated heterocycles. The molecule has 0 fully saturated rings. The van der Waals surface area contributed by atoms with Crippen LogP contribution in [0.3, 0.4) is 0 Å². The van der Waals surface area contributed by atoms with Crippen LogP contribution in [-0.2, 0) is 0 Å². The number of benzene rings is 1. The second-order valence-corrected chi connectivity index (χ2v) is 5.46. The van der Waals surface area contributed by atoms with E-state index in [1.54, 1.807) is 26.8 Å². The fraction of sp³-hybridized carbons (Fsp3) is 0.538. The third-order valence-corrected chi connectivity index (χ3v) is 2.70. The van der Waals surface area contributed by atoms with Crippen LogP contribution in [0, 0.1) is 5.41 Å². The van der Waals surface area contributed by atoms with E-state index >= 15 is 0 Å². The number of halogens is 3. The fourth-order valence-corrected chi connectivity index (χ4v) is 1.64. The highest BCUT2D eigenvalue weighted by atomic mass is 19.4. The van der Waals surface area contributed by atoms with E-state index in [1.807, 2.05) is 0 Å². The Morgan fingerprint density at radius 2 is 1.79 bits per heavy atom. The molecule has 108 valence electrons. The summed E-state index contributed by atoms with van der Waals surface area (Å²) in [5.41, 5.74) is 5.79. The summed E-state index contributed by atoms with van der Waals surface area (Å²) < 4.78 is 40.2. The molecule has 0 aromatic heterocycles. The van der Waals surface area contributed by atoms with Crippen molar-refractivity contribution >= 4 is 0 Å². The molecule has 3 N–H and O–H groups in total. The molecule has 1 aromatic carbocycles. The lowest BCUT2D eigenvalue weighted by molar-refractivity contribution is -0.274. The average molecular weight is 277 g/mol. The van der Waals surface area contributed by atoms with Gasteiger partial charge in [-0.1, -0.05) is 32.9 Å². The van der Waals surface area contributed by atoms with E-state index in [4.69, 9.17) is 5.73 Å². The highest BCUT2D eigenvalue weighted by Gasteiger charge is 2.32. The van der Waals surface area contributed by atoms with Crippen LogP contribution >= 0.6 is 0 Å². The molecule has 2 atom stereocenters. The molecule has 0 spiro atoms. The van der Waals surface area contributed by atoms with Crippen molar-refractivity contribution in [3.05, 3.63) is 29.8 Å². The first kappa shape index (κ1) is 15.8. The summed E-state index contributed by atoms with van der Waals surface area (Å²) in [5.74, 6) is -0.346. The largest absolute Gasteiger partial charge is 0.573 e. The third-order valence-electron chi connectivity index (χ3n) is 2.70. The highest BCUT2D eigenvalue weighted by Crippen LogP contribution is 2.31. The molecule has 0 heterocycles. The quantitative estimate of drug-likeness (QED) is 0.893. The summed E-state index contributed by atoms with van der Waals surface area (Å²) in [5, 5.41) is 10.0. The lowest BCUT2D eigenvalue weighted by Gasteiger charge is -2.31. The first-order valence-corrected chi connectivity index (χ1v) is 5.80. The standard InChI is InChI=1S/C13H18F3NO2/c1-12(2,3)11(18)10(17)8-5-4-6-9(7-8)19-13(14,15)16/h4-7,10-11,18H,17H2,1-3H3/t10-,11-/m0/s1. The summed E-state index contributed by atoms with van der Waals surface area (Å²) in [6.45, 7) is 5.40. The van der Waals surface area contributed by atoms with Gasteiger partial charge in [0.2, 0.25) is 0 Å². The van der Waals surface area contributed by atoms with E-state index in [9.17, 15) is 18.3 Å². The van der Waals surface area contributed by atoms with Crippen LogP contribution < -0.4 is 10.5 Å². The van der Waals surface area contributed by atoms with E-state index < -0.39 is 23.9 Å². The zero-order valence-corrected chi connectivity index (χ0v) is 11.0. The van der Waals surface area contributed by atoms with Crippen LogP contribution in [0.2, 0.25) is 0 Å². The van der Waals surface area contributed by atoms with Crippen LogP contribution in [0.1, 0.15) is 32.4 Å². The van der Waals surface area contributed by atoms with E-state index in [0.717, 1.165) is 0 Å². The Bertz CT molecular complexity index is 427. The molecule has 0 aliphatic rings. The molecule has 0 aliphatic heterocycles. The van der Waals surface area contributed by atoms with Crippen molar-refractivity contribution in [1.29, 1.82) is 0 Å². The maximum atomic E-state index is 12.1. The van der Waals surface area contributed by atoms with Gasteiger partial charge in [0.25, 0.3) is 0 Å². The Labute approximate surface area is 110 Å². The van der Waals surface area contributed by atoms with Gasteiger partial charge in [-0.05, 0) is 23.1 Å². The first-order valence-electron chi connectivity index (χ1n) is 5.80. The predicted octanol–water partition coefficient (Wildman–Crippen LogP) is 2.99. The first-order chi connectivity index (χ1) is 8.50. The van der Waals surface area contributed by atoms with Crippen LogP contribution in [0.15, 0.2) is 24.3 Å². The molecule has 1 aromatic rings. The SMILES string of the molecule is CC(C)(C)[C@@H](O)[C@@H](N)c1cccc(OC(F)(F)F)c1. The van der Waals surface area contributed by atoms with Gasteiger partial charge in [-0.3, -0.25) is 0 Å². The van der Waals surface area contributed by atoms with Crippen LogP contribution in [0.5, 0.6) is 5.75 Å². The minimum Gasteiger partial charge on any atom is -0.406 e. The van der Waals surface area contributed by atoms with Crippen LogP contribution in [0.25, 0.3) is 0 Å². The molecule has 19 heavy (non-hydrogen) atoms. The van der Waals surface area contributed by atoms with Crippen molar-refractivity contribution in [2.75, 3.05) is 0 Å². The normalized spacial score (nSPS) is 16.0. The number of nitrogens with two attached hydrogens (primary N) is 1. The maximum absolute atomic E-state index is 12.1. The van der Waals surface area contributed by atoms with Crippen molar-refractivity contribution in [2.24, 2.45) is 11.1 Å². The fourth-order valence-electron chi connectivity index (χ4n) is 1.64. The Morgan fingerprint density at radius 1 is 1.21 bits per heavy atom. The number of rotatable bonds is 3. The highest BCUT2D eigenvalue weighted by molar-refractivity contribution is 5.31. The molecule has 0 amide bonds. The molecule has 3 nitrogen and oxygen atoms in total. The molecular weight excluding hydrogens is 259 g/mol. The van der Waals surface area contributed by atoms with E-state index in [0.29, 0.717) is 5.56 Å². The predicted molar refractivity (Wildman–Crippen MR) is 65.5 cm³/mol. The van der Waals surface area contributed by atoms with Gasteiger partial charge in [-0.2, -0.15) is 0 Å². The smallest absolute Gasteiger partial charge is 0.406 e. The Morgan fingerprint density at radius 3 is 2.26 bits per heavy atom. The number of ether oxygens (including phenoxy) is 1.